The minimum atomic E-state index is -3.66. The molecule has 0 radical (unpaired) electrons. The number of alkyl halides is 3. The normalized spacial score (nSPS) is 11.7. The highest BCUT2D eigenvalue weighted by Gasteiger charge is 2.32. The van der Waals surface area contributed by atoms with E-state index in [2.05, 4.69) is 27.4 Å². The predicted octanol–water partition coefficient (Wildman–Crippen LogP) is 4.37. The van der Waals surface area contributed by atoms with E-state index in [1.54, 1.807) is 13.1 Å². The molecular weight excluding hydrogens is 442 g/mol. The van der Waals surface area contributed by atoms with Gasteiger partial charge in [-0.3, -0.25) is 4.79 Å². The molecule has 11 heteroatoms. The molecule has 0 unspecified atom stereocenters. The van der Waals surface area contributed by atoms with Gasteiger partial charge in [0.15, 0.2) is 18.1 Å². The number of hydrogen-bond acceptors (Lipinski definition) is 5. The van der Waals surface area contributed by atoms with E-state index < -0.39 is 17.0 Å². The summed E-state index contributed by atoms with van der Waals surface area (Å²) in [4.78, 5) is 16.7. The van der Waals surface area contributed by atoms with Gasteiger partial charge in [0.1, 0.15) is 11.4 Å². The molecule has 0 spiro atoms. The molecule has 4 rings (SSSR count). The van der Waals surface area contributed by atoms with Gasteiger partial charge in [0.25, 0.3) is 5.91 Å². The van der Waals surface area contributed by atoms with Crippen molar-refractivity contribution in [3.8, 4) is 5.75 Å². The molecule has 0 aliphatic rings. The van der Waals surface area contributed by atoms with Crippen molar-refractivity contribution in [2.45, 2.75) is 32.4 Å². The molecule has 4 aromatic rings. The average molecular weight is 461 g/mol. The summed E-state index contributed by atoms with van der Waals surface area (Å²) in [7, 11) is 0. The van der Waals surface area contributed by atoms with Gasteiger partial charge in [0, 0.05) is 11.8 Å². The summed E-state index contributed by atoms with van der Waals surface area (Å²) in [5.74, 6) is 0.0929. The fourth-order valence-corrected chi connectivity index (χ4v) is 3.20. The van der Waals surface area contributed by atoms with E-state index >= 15 is 0 Å². The first-order chi connectivity index (χ1) is 15.2. The Balaban J connectivity index is 1.45. The number of amides is 1. The van der Waals surface area contributed by atoms with Crippen molar-refractivity contribution in [2.24, 2.45) is 0 Å². The number of carbonyl (C=O) groups excluding carboxylic acids is 1. The van der Waals surface area contributed by atoms with Crippen molar-refractivity contribution >= 4 is 28.8 Å². The van der Waals surface area contributed by atoms with Gasteiger partial charge in [0.2, 0.25) is 0 Å². The van der Waals surface area contributed by atoms with Gasteiger partial charge in [0.05, 0.1) is 18.1 Å². The largest absolute Gasteiger partial charge is 0.471 e. The topological polar surface area (TPSA) is 86.3 Å². The molecule has 3 heterocycles. The van der Waals surface area contributed by atoms with Crippen LogP contribution in [0.3, 0.4) is 0 Å². The van der Waals surface area contributed by atoms with E-state index in [0.29, 0.717) is 17.1 Å². The number of hydrogen-bond donors (Lipinski definition) is 1. The van der Waals surface area contributed by atoms with E-state index in [1.807, 2.05) is 24.3 Å². The Kier molecular flexibility index (Phi) is 5.79. The molecule has 0 aliphatic carbocycles. The average Bonchev–Trinajstić information content (AvgIpc) is 3.38. The van der Waals surface area contributed by atoms with Crippen molar-refractivity contribution in [3.05, 3.63) is 71.4 Å². The Hall–Kier alpha value is -3.53. The predicted molar refractivity (Wildman–Crippen MR) is 114 cm³/mol. The molecule has 32 heavy (non-hydrogen) atoms. The van der Waals surface area contributed by atoms with Gasteiger partial charge in [-0.05, 0) is 48.7 Å². The smallest absolute Gasteiger partial charge is 0.364 e. The first-order valence-electron chi connectivity index (χ1n) is 9.73. The SMILES string of the molecule is CCc1ccc(OCn2cc(NC(=O)c3cc4nc(C)cc(C(F)(F)Cl)n4n3)cn2)cc1. The second-order valence-corrected chi connectivity index (χ2v) is 7.55. The van der Waals surface area contributed by atoms with Crippen molar-refractivity contribution in [2.75, 3.05) is 5.32 Å². The summed E-state index contributed by atoms with van der Waals surface area (Å²) in [5.41, 5.74) is 1.35. The number of aryl methyl sites for hydroxylation is 2. The molecule has 0 aliphatic heterocycles. The van der Waals surface area contributed by atoms with Crippen molar-refractivity contribution < 1.29 is 18.3 Å². The Morgan fingerprint density at radius 1 is 1.25 bits per heavy atom. The maximum Gasteiger partial charge on any atom is 0.364 e. The third kappa shape index (κ3) is 4.70. The van der Waals surface area contributed by atoms with Crippen LogP contribution in [0, 0.1) is 6.92 Å². The van der Waals surface area contributed by atoms with Crippen LogP contribution in [0.15, 0.2) is 48.8 Å². The maximum absolute atomic E-state index is 13.7. The van der Waals surface area contributed by atoms with Crippen LogP contribution in [0.1, 0.15) is 34.4 Å². The third-order valence-electron chi connectivity index (χ3n) is 4.66. The number of fused-ring (bicyclic) bond motifs is 1. The van der Waals surface area contributed by atoms with Crippen LogP contribution in [0.5, 0.6) is 5.75 Å². The molecule has 0 atom stereocenters. The lowest BCUT2D eigenvalue weighted by Gasteiger charge is -2.10. The molecule has 3 aromatic heterocycles. The van der Waals surface area contributed by atoms with Crippen LogP contribution >= 0.6 is 11.6 Å². The summed E-state index contributed by atoms with van der Waals surface area (Å²) in [6.45, 7) is 3.77. The fraction of sp³-hybridized carbons (Fsp3) is 0.238. The Labute approximate surface area is 186 Å². The summed E-state index contributed by atoms with van der Waals surface area (Å²) in [6, 6.07) is 10.2. The highest BCUT2D eigenvalue weighted by Crippen LogP contribution is 2.32. The molecule has 1 amide bonds. The highest BCUT2D eigenvalue weighted by molar-refractivity contribution is 6.21. The lowest BCUT2D eigenvalue weighted by molar-refractivity contribution is 0.0868. The van der Waals surface area contributed by atoms with Crippen LogP contribution in [0.2, 0.25) is 0 Å². The molecule has 0 saturated carbocycles. The van der Waals surface area contributed by atoms with Crippen molar-refractivity contribution in [1.29, 1.82) is 0 Å². The minimum Gasteiger partial charge on any atom is -0.471 e. The van der Waals surface area contributed by atoms with E-state index in [0.717, 1.165) is 17.0 Å². The van der Waals surface area contributed by atoms with Crippen LogP contribution in [-0.2, 0) is 18.5 Å². The van der Waals surface area contributed by atoms with Crippen molar-refractivity contribution in [1.82, 2.24) is 24.4 Å². The van der Waals surface area contributed by atoms with E-state index in [1.165, 1.54) is 22.5 Å². The molecule has 0 fully saturated rings. The van der Waals surface area contributed by atoms with Gasteiger partial charge < -0.3 is 10.1 Å². The van der Waals surface area contributed by atoms with E-state index in [4.69, 9.17) is 16.3 Å². The number of ether oxygens (including phenoxy) is 1. The zero-order valence-corrected chi connectivity index (χ0v) is 18.0. The standard InChI is InChI=1S/C21H19ClF2N6O2/c1-3-14-4-6-16(7-5-14)32-12-29-11-15(10-25-29)27-20(31)17-9-19-26-13(2)8-18(21(22,23)24)30(19)28-17/h4-11H,3,12H2,1-2H3,(H,27,31). The lowest BCUT2D eigenvalue weighted by Crippen LogP contribution is -2.15. The van der Waals surface area contributed by atoms with Crippen molar-refractivity contribution in [3.63, 3.8) is 0 Å². The number of anilines is 1. The van der Waals surface area contributed by atoms with Gasteiger partial charge in [-0.1, -0.05) is 19.1 Å². The molecular formula is C21H19ClF2N6O2. The van der Waals surface area contributed by atoms with Crippen LogP contribution in [0.4, 0.5) is 14.5 Å². The lowest BCUT2D eigenvalue weighted by atomic mass is 10.2. The first-order valence-corrected chi connectivity index (χ1v) is 10.1. The van der Waals surface area contributed by atoms with Crippen LogP contribution in [-0.4, -0.2) is 30.3 Å². The molecule has 166 valence electrons. The Bertz CT molecular complexity index is 1260. The summed E-state index contributed by atoms with van der Waals surface area (Å²) in [5, 5.41) is 7.03. The van der Waals surface area contributed by atoms with Gasteiger partial charge in [-0.25, -0.2) is 14.2 Å². The summed E-state index contributed by atoms with van der Waals surface area (Å²) in [6.07, 6.45) is 3.97. The zero-order valence-electron chi connectivity index (χ0n) is 17.2. The maximum atomic E-state index is 13.7. The minimum absolute atomic E-state index is 0.0867. The summed E-state index contributed by atoms with van der Waals surface area (Å²) >= 11 is 5.17. The van der Waals surface area contributed by atoms with Crippen LogP contribution in [0.25, 0.3) is 5.65 Å². The van der Waals surface area contributed by atoms with Gasteiger partial charge in [-0.2, -0.15) is 19.0 Å². The molecule has 0 bridgehead atoms. The number of halogens is 3. The van der Waals surface area contributed by atoms with Crippen LogP contribution < -0.4 is 10.1 Å². The fourth-order valence-electron chi connectivity index (χ4n) is 3.07. The highest BCUT2D eigenvalue weighted by atomic mass is 35.5. The second-order valence-electron chi connectivity index (χ2n) is 7.07. The number of benzene rings is 1. The van der Waals surface area contributed by atoms with Gasteiger partial charge in [-0.15, -0.1) is 0 Å². The number of aromatic nitrogens is 5. The third-order valence-corrected chi connectivity index (χ3v) is 4.86. The van der Waals surface area contributed by atoms with E-state index in [9.17, 15) is 13.6 Å². The Morgan fingerprint density at radius 2 is 2.00 bits per heavy atom. The number of carbonyl (C=O) groups is 1. The summed E-state index contributed by atoms with van der Waals surface area (Å²) < 4.78 is 35.5. The quantitative estimate of drug-likeness (QED) is 0.414. The monoisotopic (exact) mass is 460 g/mol. The second kappa shape index (κ2) is 8.54. The molecule has 0 saturated heterocycles. The number of rotatable bonds is 7. The molecule has 1 aromatic carbocycles. The Morgan fingerprint density at radius 3 is 2.69 bits per heavy atom. The number of nitrogens with zero attached hydrogens (tertiary/aromatic N) is 5. The molecule has 1 N–H and O–H groups in total. The van der Waals surface area contributed by atoms with Gasteiger partial charge >= 0.3 is 5.38 Å². The first kappa shape index (κ1) is 21.7. The zero-order chi connectivity index (χ0) is 22.9. The molecule has 8 nitrogen and oxygen atoms in total. The number of nitrogens with one attached hydrogen (secondary N) is 1. The van der Waals surface area contributed by atoms with E-state index in [-0.39, 0.29) is 18.1 Å².